The first-order valence-electron chi connectivity index (χ1n) is 8.86. The maximum Gasteiger partial charge on any atom is 0.270 e. The van der Waals surface area contributed by atoms with E-state index in [1.807, 2.05) is 6.07 Å². The summed E-state index contributed by atoms with van der Waals surface area (Å²) in [6.45, 7) is 1.58. The zero-order chi connectivity index (χ0) is 20.8. The fourth-order valence-electron chi connectivity index (χ4n) is 2.68. The molecule has 0 saturated carbocycles. The van der Waals surface area contributed by atoms with E-state index < -0.39 is 22.7 Å². The topological polar surface area (TPSA) is 98.5 Å². The molecule has 1 amide bonds. The minimum atomic E-state index is -0.840. The first-order valence-corrected chi connectivity index (χ1v) is 8.86. The Morgan fingerprint density at radius 1 is 0.966 bits per heavy atom. The van der Waals surface area contributed by atoms with Crippen molar-refractivity contribution in [3.8, 4) is 5.75 Å². The Bertz CT molecular complexity index is 1040. The summed E-state index contributed by atoms with van der Waals surface area (Å²) in [6, 6.07) is 20.9. The van der Waals surface area contributed by atoms with Crippen LogP contribution in [0.5, 0.6) is 5.75 Å². The first kappa shape index (κ1) is 19.8. The number of nitrogens with zero attached hydrogens (tertiary/aromatic N) is 1. The highest BCUT2D eigenvalue weighted by atomic mass is 16.6. The van der Waals surface area contributed by atoms with Crippen LogP contribution in [0.15, 0.2) is 78.9 Å². The minimum Gasteiger partial charge on any atom is -0.481 e. The molecule has 0 saturated heterocycles. The number of nitro benzene ring substituents is 1. The highest BCUT2D eigenvalue weighted by Crippen LogP contribution is 2.25. The number of non-ortho nitro benzene ring substituents is 1. The van der Waals surface area contributed by atoms with E-state index in [0.717, 1.165) is 6.07 Å². The Kier molecular flexibility index (Phi) is 5.99. The first-order chi connectivity index (χ1) is 14.0. The van der Waals surface area contributed by atoms with Crippen LogP contribution in [0.3, 0.4) is 0 Å². The molecule has 29 heavy (non-hydrogen) atoms. The molecule has 0 spiro atoms. The van der Waals surface area contributed by atoms with Gasteiger partial charge in [-0.25, -0.2) is 0 Å². The molecule has 0 unspecified atom stereocenters. The molecule has 0 heterocycles. The van der Waals surface area contributed by atoms with Gasteiger partial charge in [-0.05, 0) is 25.1 Å². The van der Waals surface area contributed by atoms with Crippen molar-refractivity contribution in [2.24, 2.45) is 0 Å². The summed E-state index contributed by atoms with van der Waals surface area (Å²) in [5.74, 6) is -0.384. The third kappa shape index (κ3) is 4.84. The van der Waals surface area contributed by atoms with E-state index in [1.54, 1.807) is 61.5 Å². The van der Waals surface area contributed by atoms with E-state index in [1.165, 1.54) is 12.1 Å². The van der Waals surface area contributed by atoms with Crippen LogP contribution in [-0.2, 0) is 4.79 Å². The number of nitrogens with one attached hydrogen (secondary N) is 1. The summed E-state index contributed by atoms with van der Waals surface area (Å²) >= 11 is 0. The van der Waals surface area contributed by atoms with Crippen molar-refractivity contribution in [3.63, 3.8) is 0 Å². The van der Waals surface area contributed by atoms with Crippen molar-refractivity contribution in [2.45, 2.75) is 13.0 Å². The number of nitro groups is 1. The molecule has 0 aromatic heterocycles. The molecule has 0 aliphatic heterocycles. The van der Waals surface area contributed by atoms with Crippen LogP contribution in [0.1, 0.15) is 22.8 Å². The van der Waals surface area contributed by atoms with E-state index in [4.69, 9.17) is 4.74 Å². The molecule has 0 aliphatic carbocycles. The lowest BCUT2D eigenvalue weighted by Gasteiger charge is -2.16. The maximum absolute atomic E-state index is 12.9. The predicted molar refractivity (Wildman–Crippen MR) is 108 cm³/mol. The van der Waals surface area contributed by atoms with Crippen LogP contribution in [0.2, 0.25) is 0 Å². The predicted octanol–water partition coefficient (Wildman–Crippen LogP) is 4.23. The molecule has 3 aromatic rings. The SMILES string of the molecule is C[C@@H](Oc1ccccc1)C(=O)Nc1ccc([N+](=O)[O-])cc1C(=O)c1ccccc1. The van der Waals surface area contributed by atoms with Crippen molar-refractivity contribution in [3.05, 3.63) is 100 Å². The van der Waals surface area contributed by atoms with Crippen LogP contribution in [0.4, 0.5) is 11.4 Å². The normalized spacial score (nSPS) is 11.3. The van der Waals surface area contributed by atoms with Crippen LogP contribution < -0.4 is 10.1 Å². The molecular weight excluding hydrogens is 372 g/mol. The largest absolute Gasteiger partial charge is 0.481 e. The number of carbonyl (C=O) groups excluding carboxylic acids is 2. The highest BCUT2D eigenvalue weighted by molar-refractivity contribution is 6.14. The van der Waals surface area contributed by atoms with Crippen LogP contribution >= 0.6 is 0 Å². The van der Waals surface area contributed by atoms with Gasteiger partial charge in [0.2, 0.25) is 0 Å². The third-order valence-corrected chi connectivity index (χ3v) is 4.18. The van der Waals surface area contributed by atoms with E-state index in [2.05, 4.69) is 5.32 Å². The Hall–Kier alpha value is -4.00. The van der Waals surface area contributed by atoms with E-state index in [9.17, 15) is 19.7 Å². The maximum atomic E-state index is 12.9. The zero-order valence-corrected chi connectivity index (χ0v) is 15.6. The highest BCUT2D eigenvalue weighted by Gasteiger charge is 2.22. The van der Waals surface area contributed by atoms with Gasteiger partial charge >= 0.3 is 0 Å². The molecule has 1 atom stereocenters. The number of anilines is 1. The van der Waals surface area contributed by atoms with Gasteiger partial charge in [-0.1, -0.05) is 48.5 Å². The summed E-state index contributed by atoms with van der Waals surface area (Å²) < 4.78 is 5.59. The molecular formula is C22H18N2O5. The van der Waals surface area contributed by atoms with Gasteiger partial charge in [-0.15, -0.1) is 0 Å². The van der Waals surface area contributed by atoms with E-state index >= 15 is 0 Å². The van der Waals surface area contributed by atoms with Gasteiger partial charge < -0.3 is 10.1 Å². The van der Waals surface area contributed by atoms with Gasteiger partial charge in [-0.2, -0.15) is 0 Å². The molecule has 0 bridgehead atoms. The summed E-state index contributed by atoms with van der Waals surface area (Å²) in [5, 5.41) is 13.8. The molecule has 0 fully saturated rings. The number of benzene rings is 3. The molecule has 0 aliphatic rings. The molecule has 146 valence electrons. The number of amides is 1. The third-order valence-electron chi connectivity index (χ3n) is 4.18. The van der Waals surface area contributed by atoms with Gasteiger partial charge in [0.15, 0.2) is 11.9 Å². The van der Waals surface area contributed by atoms with Crippen molar-refractivity contribution >= 4 is 23.1 Å². The van der Waals surface area contributed by atoms with Crippen LogP contribution in [0, 0.1) is 10.1 Å². The van der Waals surface area contributed by atoms with Crippen LogP contribution in [0.25, 0.3) is 0 Å². The minimum absolute atomic E-state index is 0.0330. The number of hydrogen-bond donors (Lipinski definition) is 1. The summed E-state index contributed by atoms with van der Waals surface area (Å²) in [7, 11) is 0. The fourth-order valence-corrected chi connectivity index (χ4v) is 2.68. The van der Waals surface area contributed by atoms with Gasteiger partial charge in [0, 0.05) is 17.7 Å². The van der Waals surface area contributed by atoms with Crippen molar-refractivity contribution in [2.75, 3.05) is 5.32 Å². The van der Waals surface area contributed by atoms with E-state index in [0.29, 0.717) is 11.3 Å². The van der Waals surface area contributed by atoms with Gasteiger partial charge in [0.1, 0.15) is 5.75 Å². The zero-order valence-electron chi connectivity index (χ0n) is 15.6. The molecule has 3 aromatic carbocycles. The second-order valence-electron chi connectivity index (χ2n) is 6.24. The van der Waals surface area contributed by atoms with Crippen molar-refractivity contribution < 1.29 is 19.2 Å². The van der Waals surface area contributed by atoms with Crippen molar-refractivity contribution in [1.29, 1.82) is 0 Å². The standard InChI is InChI=1S/C22H18N2O5/c1-15(29-18-10-6-3-7-11-18)22(26)23-20-13-12-17(24(27)28)14-19(20)21(25)16-8-4-2-5-9-16/h2-15H,1H3,(H,23,26)/t15-/m1/s1. The van der Waals surface area contributed by atoms with Crippen LogP contribution in [-0.4, -0.2) is 22.7 Å². The average Bonchev–Trinajstić information content (AvgIpc) is 2.74. The number of rotatable bonds is 7. The van der Waals surface area contributed by atoms with Gasteiger partial charge in [0.25, 0.3) is 11.6 Å². The van der Waals surface area contributed by atoms with Gasteiger partial charge in [-0.3, -0.25) is 19.7 Å². The molecule has 1 N–H and O–H groups in total. The quantitative estimate of drug-likeness (QED) is 0.370. The monoisotopic (exact) mass is 390 g/mol. The summed E-state index contributed by atoms with van der Waals surface area (Å²) in [5.41, 5.74) is 0.330. The van der Waals surface area contributed by atoms with E-state index in [-0.39, 0.29) is 16.9 Å². The van der Waals surface area contributed by atoms with Gasteiger partial charge in [0.05, 0.1) is 16.2 Å². The Balaban J connectivity index is 1.87. The number of hydrogen-bond acceptors (Lipinski definition) is 5. The smallest absolute Gasteiger partial charge is 0.270 e. The molecule has 7 nitrogen and oxygen atoms in total. The Morgan fingerprint density at radius 2 is 1.59 bits per heavy atom. The Morgan fingerprint density at radius 3 is 2.21 bits per heavy atom. The van der Waals surface area contributed by atoms with Crippen molar-refractivity contribution in [1.82, 2.24) is 0 Å². The summed E-state index contributed by atoms with van der Waals surface area (Å²) in [6.07, 6.45) is -0.840. The Labute approximate surface area is 167 Å². The molecule has 3 rings (SSSR count). The average molecular weight is 390 g/mol. The lowest BCUT2D eigenvalue weighted by Crippen LogP contribution is -2.30. The lowest BCUT2D eigenvalue weighted by molar-refractivity contribution is -0.384. The number of para-hydroxylation sites is 1. The number of ether oxygens (including phenoxy) is 1. The fraction of sp³-hybridized carbons (Fsp3) is 0.0909. The number of carbonyl (C=O) groups is 2. The molecule has 0 radical (unpaired) electrons. The summed E-state index contributed by atoms with van der Waals surface area (Å²) in [4.78, 5) is 36.0. The second-order valence-corrected chi connectivity index (χ2v) is 6.24. The lowest BCUT2D eigenvalue weighted by atomic mass is 10.0. The number of ketones is 1. The molecule has 7 heteroatoms. The second kappa shape index (κ2) is 8.79.